The lowest BCUT2D eigenvalue weighted by atomic mass is 10.2. The van der Waals surface area contributed by atoms with Crippen molar-refractivity contribution in [2.24, 2.45) is 0 Å². The van der Waals surface area contributed by atoms with Crippen molar-refractivity contribution in [3.63, 3.8) is 0 Å². The second-order valence-corrected chi connectivity index (χ2v) is 3.80. The molecule has 0 heterocycles. The largest absolute Gasteiger partial charge is 0.297 e. The van der Waals surface area contributed by atoms with E-state index in [9.17, 15) is 12.8 Å². The van der Waals surface area contributed by atoms with Gasteiger partial charge in [-0.05, 0) is 24.6 Å². The molecule has 1 aromatic rings. The SMILES string of the molecule is Cc1ccc(S(=O)(=O)O)c(F)c1.Cl. The number of benzene rings is 1. The number of hydrogen-bond acceptors (Lipinski definition) is 2. The molecular weight excluding hydrogens is 219 g/mol. The summed E-state index contributed by atoms with van der Waals surface area (Å²) < 4.78 is 42.3. The number of rotatable bonds is 1. The van der Waals surface area contributed by atoms with Crippen molar-refractivity contribution in [3.05, 3.63) is 29.6 Å². The van der Waals surface area contributed by atoms with Crippen molar-refractivity contribution in [3.8, 4) is 0 Å². The normalized spacial score (nSPS) is 10.7. The lowest BCUT2D eigenvalue weighted by molar-refractivity contribution is 0.473. The zero-order valence-corrected chi connectivity index (χ0v) is 8.32. The van der Waals surface area contributed by atoms with Crippen molar-refractivity contribution < 1.29 is 17.4 Å². The average molecular weight is 227 g/mol. The van der Waals surface area contributed by atoms with E-state index in [2.05, 4.69) is 0 Å². The van der Waals surface area contributed by atoms with Gasteiger partial charge in [-0.1, -0.05) is 6.07 Å². The van der Waals surface area contributed by atoms with Crippen LogP contribution in [0.1, 0.15) is 5.56 Å². The molecule has 0 fully saturated rings. The highest BCUT2D eigenvalue weighted by atomic mass is 35.5. The molecule has 0 aliphatic carbocycles. The van der Waals surface area contributed by atoms with Gasteiger partial charge in [-0.2, -0.15) is 8.42 Å². The first-order chi connectivity index (χ1) is 5.41. The van der Waals surface area contributed by atoms with Gasteiger partial charge in [0.05, 0.1) is 0 Å². The molecule has 1 aromatic carbocycles. The van der Waals surface area contributed by atoms with Gasteiger partial charge in [0.1, 0.15) is 10.7 Å². The summed E-state index contributed by atoms with van der Waals surface area (Å²) in [7, 11) is -4.43. The van der Waals surface area contributed by atoms with E-state index in [1.807, 2.05) is 0 Å². The Morgan fingerprint density at radius 1 is 1.38 bits per heavy atom. The molecule has 0 bridgehead atoms. The Morgan fingerprint density at radius 2 is 1.92 bits per heavy atom. The van der Waals surface area contributed by atoms with Gasteiger partial charge in [0.15, 0.2) is 0 Å². The van der Waals surface area contributed by atoms with Crippen LogP contribution < -0.4 is 0 Å². The minimum absolute atomic E-state index is 0. The highest BCUT2D eigenvalue weighted by Gasteiger charge is 2.14. The third-order valence-electron chi connectivity index (χ3n) is 1.37. The van der Waals surface area contributed by atoms with Gasteiger partial charge in [-0.15, -0.1) is 12.4 Å². The minimum atomic E-state index is -4.43. The number of halogens is 2. The predicted octanol–water partition coefficient (Wildman–Crippen LogP) is 1.80. The molecule has 0 amide bonds. The molecule has 0 unspecified atom stereocenters. The van der Waals surface area contributed by atoms with Gasteiger partial charge in [-0.3, -0.25) is 4.55 Å². The van der Waals surface area contributed by atoms with E-state index in [-0.39, 0.29) is 12.4 Å². The lowest BCUT2D eigenvalue weighted by Gasteiger charge is -1.99. The average Bonchev–Trinajstić information content (AvgIpc) is 1.83. The third-order valence-corrected chi connectivity index (χ3v) is 2.25. The van der Waals surface area contributed by atoms with E-state index in [1.165, 1.54) is 6.07 Å². The van der Waals surface area contributed by atoms with E-state index in [0.717, 1.165) is 12.1 Å². The van der Waals surface area contributed by atoms with E-state index in [1.54, 1.807) is 6.92 Å². The number of hydrogen-bond donors (Lipinski definition) is 1. The van der Waals surface area contributed by atoms with Gasteiger partial charge in [0, 0.05) is 0 Å². The summed E-state index contributed by atoms with van der Waals surface area (Å²) in [6.45, 7) is 1.62. The van der Waals surface area contributed by atoms with Gasteiger partial charge in [0.25, 0.3) is 10.1 Å². The highest BCUT2D eigenvalue weighted by Crippen LogP contribution is 2.14. The fourth-order valence-electron chi connectivity index (χ4n) is 0.815. The molecule has 1 N–H and O–H groups in total. The minimum Gasteiger partial charge on any atom is -0.282 e. The van der Waals surface area contributed by atoms with Crippen LogP contribution in [0.25, 0.3) is 0 Å². The summed E-state index contributed by atoms with van der Waals surface area (Å²) >= 11 is 0. The maximum atomic E-state index is 12.8. The summed E-state index contributed by atoms with van der Waals surface area (Å²) in [6.07, 6.45) is 0. The van der Waals surface area contributed by atoms with Gasteiger partial charge in [-0.25, -0.2) is 4.39 Å². The molecule has 0 saturated heterocycles. The van der Waals surface area contributed by atoms with Gasteiger partial charge < -0.3 is 0 Å². The zero-order chi connectivity index (χ0) is 9.35. The molecule has 0 saturated carbocycles. The Bertz CT molecular complexity index is 402. The van der Waals surface area contributed by atoms with Crippen molar-refractivity contribution in [2.45, 2.75) is 11.8 Å². The van der Waals surface area contributed by atoms with Crippen molar-refractivity contribution in [1.29, 1.82) is 0 Å². The first-order valence-corrected chi connectivity index (χ1v) is 4.59. The van der Waals surface area contributed by atoms with Crippen LogP contribution in [0.15, 0.2) is 23.1 Å². The maximum absolute atomic E-state index is 12.8. The Hall–Kier alpha value is -0.650. The van der Waals surface area contributed by atoms with Crippen LogP contribution in [-0.4, -0.2) is 13.0 Å². The molecule has 1 rings (SSSR count). The number of aryl methyl sites for hydroxylation is 1. The summed E-state index contributed by atoms with van der Waals surface area (Å²) in [5.41, 5.74) is 0.597. The van der Waals surface area contributed by atoms with E-state index in [4.69, 9.17) is 4.55 Å². The molecule has 0 aliphatic rings. The highest BCUT2D eigenvalue weighted by molar-refractivity contribution is 7.85. The van der Waals surface area contributed by atoms with Crippen LogP contribution in [0.4, 0.5) is 4.39 Å². The van der Waals surface area contributed by atoms with E-state index >= 15 is 0 Å². The molecule has 13 heavy (non-hydrogen) atoms. The molecule has 74 valence electrons. The molecule has 0 aliphatic heterocycles. The fraction of sp³-hybridized carbons (Fsp3) is 0.143. The molecular formula is C7H8ClFO3S. The summed E-state index contributed by atoms with van der Waals surface area (Å²) in [5.74, 6) is -0.933. The maximum Gasteiger partial charge on any atom is 0.297 e. The Labute approximate surface area is 81.7 Å². The fourth-order valence-corrected chi connectivity index (χ4v) is 1.36. The van der Waals surface area contributed by atoms with Crippen LogP contribution >= 0.6 is 12.4 Å². The van der Waals surface area contributed by atoms with Crippen LogP contribution in [0.2, 0.25) is 0 Å². The molecule has 0 spiro atoms. The zero-order valence-electron chi connectivity index (χ0n) is 6.69. The Morgan fingerprint density at radius 3 is 2.31 bits per heavy atom. The standard InChI is InChI=1S/C7H7FO3S.ClH/c1-5-2-3-7(6(8)4-5)12(9,10)11;/h2-4H,1H3,(H,9,10,11);1H. The Balaban J connectivity index is 0.00000144. The summed E-state index contributed by atoms with van der Waals surface area (Å²) in [5, 5.41) is 0. The van der Waals surface area contributed by atoms with Gasteiger partial charge in [0.2, 0.25) is 0 Å². The van der Waals surface area contributed by atoms with Crippen molar-refractivity contribution in [2.75, 3.05) is 0 Å². The van der Waals surface area contributed by atoms with Crippen LogP contribution in [-0.2, 0) is 10.1 Å². The summed E-state index contributed by atoms with van der Waals surface area (Å²) in [6, 6.07) is 3.48. The first-order valence-electron chi connectivity index (χ1n) is 3.15. The lowest BCUT2D eigenvalue weighted by Crippen LogP contribution is -2.01. The van der Waals surface area contributed by atoms with Crippen molar-refractivity contribution >= 4 is 22.5 Å². The molecule has 6 heteroatoms. The second-order valence-electron chi connectivity index (χ2n) is 2.41. The first kappa shape index (κ1) is 12.3. The van der Waals surface area contributed by atoms with Crippen LogP contribution in [0.5, 0.6) is 0 Å². The quantitative estimate of drug-likeness (QED) is 0.743. The molecule has 0 radical (unpaired) electrons. The third kappa shape index (κ3) is 2.95. The van der Waals surface area contributed by atoms with E-state index < -0.39 is 20.8 Å². The van der Waals surface area contributed by atoms with Gasteiger partial charge >= 0.3 is 0 Å². The van der Waals surface area contributed by atoms with Crippen LogP contribution in [0, 0.1) is 12.7 Å². The monoisotopic (exact) mass is 226 g/mol. The predicted molar refractivity (Wildman–Crippen MR) is 48.2 cm³/mol. The Kier molecular flexibility index (Phi) is 3.84. The molecule has 0 atom stereocenters. The molecule has 0 aromatic heterocycles. The second kappa shape index (κ2) is 4.04. The molecule has 3 nitrogen and oxygen atoms in total. The van der Waals surface area contributed by atoms with Crippen molar-refractivity contribution in [1.82, 2.24) is 0 Å². The van der Waals surface area contributed by atoms with Crippen LogP contribution in [0.3, 0.4) is 0 Å². The van der Waals surface area contributed by atoms with E-state index in [0.29, 0.717) is 5.56 Å². The smallest absolute Gasteiger partial charge is 0.282 e. The summed E-state index contributed by atoms with van der Waals surface area (Å²) in [4.78, 5) is -0.687. The topological polar surface area (TPSA) is 54.4 Å².